The largest absolute Gasteiger partial charge is 0.461 e. The smallest absolute Gasteiger partial charge is 0.400 e. The lowest BCUT2D eigenvalue weighted by molar-refractivity contribution is -0.166. The minimum atomic E-state index is -4.69. The highest BCUT2D eigenvalue weighted by Gasteiger charge is 2.61. The van der Waals surface area contributed by atoms with Crippen LogP contribution in [0.15, 0.2) is 12.2 Å². The van der Waals surface area contributed by atoms with Crippen molar-refractivity contribution in [2.75, 3.05) is 13.2 Å². The molecule has 5 nitrogen and oxygen atoms in total. The third kappa shape index (κ3) is 4.64. The summed E-state index contributed by atoms with van der Waals surface area (Å²) in [5, 5.41) is 0. The van der Waals surface area contributed by atoms with Crippen molar-refractivity contribution in [3.63, 3.8) is 0 Å². The van der Waals surface area contributed by atoms with Crippen LogP contribution in [0.5, 0.6) is 0 Å². The maximum atomic E-state index is 15.0. The summed E-state index contributed by atoms with van der Waals surface area (Å²) in [6.07, 6.45) is 2.47. The predicted molar refractivity (Wildman–Crippen MR) is 87.0 cm³/mol. The van der Waals surface area contributed by atoms with Crippen molar-refractivity contribution in [2.45, 2.75) is 59.2 Å². The van der Waals surface area contributed by atoms with Crippen LogP contribution in [-0.2, 0) is 23.1 Å². The number of ether oxygens (including phenoxy) is 1. The molecular weight excluding hydrogens is 341 g/mol. The van der Waals surface area contributed by atoms with Crippen molar-refractivity contribution in [1.82, 2.24) is 0 Å². The first kappa shape index (κ1) is 21.3. The zero-order valence-corrected chi connectivity index (χ0v) is 15.8. The number of alkyl halides is 2. The van der Waals surface area contributed by atoms with E-state index in [0.29, 0.717) is 6.42 Å². The predicted octanol–water partition coefficient (Wildman–Crippen LogP) is 4.77. The van der Waals surface area contributed by atoms with E-state index in [1.165, 1.54) is 19.9 Å². The first-order chi connectivity index (χ1) is 11.0. The molecule has 1 aliphatic carbocycles. The van der Waals surface area contributed by atoms with Gasteiger partial charge in [0.1, 0.15) is 6.10 Å². The Labute approximate surface area is 142 Å². The van der Waals surface area contributed by atoms with Crippen LogP contribution in [0.1, 0.15) is 47.5 Å². The third-order valence-electron chi connectivity index (χ3n) is 3.60. The second-order valence-electron chi connectivity index (χ2n) is 6.65. The SMILES string of the molecule is CCOP(=O)(OCC)C(F)(F)[C@H]1C=CCC[C@@H]1OC(=O)C(C)(C)C. The molecule has 140 valence electrons. The van der Waals surface area contributed by atoms with Gasteiger partial charge in [-0.05, 0) is 47.5 Å². The fourth-order valence-corrected chi connectivity index (χ4v) is 4.04. The highest BCUT2D eigenvalue weighted by molar-refractivity contribution is 7.55. The summed E-state index contributed by atoms with van der Waals surface area (Å²) < 4.78 is 57.5. The van der Waals surface area contributed by atoms with Gasteiger partial charge in [-0.3, -0.25) is 9.36 Å². The Morgan fingerprint density at radius 2 is 1.75 bits per heavy atom. The Hall–Kier alpha value is -0.780. The first-order valence-electron chi connectivity index (χ1n) is 8.14. The van der Waals surface area contributed by atoms with Crippen molar-refractivity contribution in [1.29, 1.82) is 0 Å². The lowest BCUT2D eigenvalue weighted by Crippen LogP contribution is -2.42. The lowest BCUT2D eigenvalue weighted by Gasteiger charge is -2.37. The Kier molecular flexibility index (Phi) is 7.15. The summed E-state index contributed by atoms with van der Waals surface area (Å²) in [6, 6.07) is 0. The van der Waals surface area contributed by atoms with Crippen LogP contribution >= 0.6 is 7.60 Å². The second kappa shape index (κ2) is 8.07. The molecule has 0 aromatic rings. The molecule has 0 aromatic heterocycles. The van der Waals surface area contributed by atoms with Gasteiger partial charge in [-0.25, -0.2) is 0 Å². The van der Waals surface area contributed by atoms with Gasteiger partial charge >= 0.3 is 19.2 Å². The van der Waals surface area contributed by atoms with Crippen molar-refractivity contribution < 1.29 is 31.9 Å². The van der Waals surface area contributed by atoms with Crippen molar-refractivity contribution in [3.8, 4) is 0 Å². The summed E-state index contributed by atoms with van der Waals surface area (Å²) in [5.74, 6) is -2.13. The molecule has 1 aliphatic rings. The van der Waals surface area contributed by atoms with Gasteiger partial charge in [-0.2, -0.15) is 8.78 Å². The van der Waals surface area contributed by atoms with Crippen LogP contribution in [0.25, 0.3) is 0 Å². The Balaban J connectivity index is 3.12. The van der Waals surface area contributed by atoms with Crippen LogP contribution in [0.2, 0.25) is 0 Å². The number of esters is 1. The Morgan fingerprint density at radius 1 is 1.21 bits per heavy atom. The van der Waals surface area contributed by atoms with Gasteiger partial charge in [0.25, 0.3) is 0 Å². The number of hydrogen-bond acceptors (Lipinski definition) is 5. The molecule has 0 radical (unpaired) electrons. The van der Waals surface area contributed by atoms with Gasteiger partial charge in [0.2, 0.25) is 0 Å². The second-order valence-corrected chi connectivity index (χ2v) is 8.75. The molecule has 0 amide bonds. The monoisotopic (exact) mass is 368 g/mol. The number of rotatable bonds is 7. The Morgan fingerprint density at radius 3 is 2.21 bits per heavy atom. The van der Waals surface area contributed by atoms with Crippen LogP contribution < -0.4 is 0 Å². The number of halogens is 2. The molecule has 0 fully saturated rings. The van der Waals surface area contributed by atoms with Crippen LogP contribution in [0.4, 0.5) is 8.78 Å². The molecule has 0 aliphatic heterocycles. The standard InChI is InChI=1S/C16H27F2O5P/c1-6-21-24(20,22-7-2)16(17,18)12-10-8-9-11-13(12)23-14(19)15(3,4)5/h8,10,12-13H,6-7,9,11H2,1-5H3/t12-,13-/m0/s1. The molecule has 0 heterocycles. The molecule has 2 atom stereocenters. The van der Waals surface area contributed by atoms with E-state index < -0.39 is 36.7 Å². The molecule has 0 N–H and O–H groups in total. The minimum Gasteiger partial charge on any atom is -0.461 e. The fraction of sp³-hybridized carbons (Fsp3) is 0.812. The molecule has 0 bridgehead atoms. The third-order valence-corrected chi connectivity index (χ3v) is 5.82. The van der Waals surface area contributed by atoms with E-state index >= 15 is 0 Å². The van der Waals surface area contributed by atoms with Gasteiger partial charge in [0.15, 0.2) is 0 Å². The number of carbonyl (C=O) groups is 1. The van der Waals surface area contributed by atoms with E-state index in [1.54, 1.807) is 26.8 Å². The Bertz CT molecular complexity index is 503. The average Bonchev–Trinajstić information content (AvgIpc) is 2.47. The minimum absolute atomic E-state index is 0.171. The normalized spacial score (nSPS) is 22.5. The molecule has 24 heavy (non-hydrogen) atoms. The molecule has 0 saturated carbocycles. The van der Waals surface area contributed by atoms with E-state index in [1.807, 2.05) is 0 Å². The molecule has 1 rings (SSSR count). The quantitative estimate of drug-likeness (QED) is 0.368. The topological polar surface area (TPSA) is 61.8 Å². The summed E-state index contributed by atoms with van der Waals surface area (Å²) in [4.78, 5) is 12.1. The molecule has 0 saturated heterocycles. The van der Waals surface area contributed by atoms with E-state index in [9.17, 15) is 18.1 Å². The van der Waals surface area contributed by atoms with Gasteiger partial charge < -0.3 is 13.8 Å². The summed E-state index contributed by atoms with van der Waals surface area (Å²) in [7, 11) is -4.69. The zero-order chi connectivity index (χ0) is 18.6. The van der Waals surface area contributed by atoms with Gasteiger partial charge in [-0.15, -0.1) is 0 Å². The van der Waals surface area contributed by atoms with Crippen molar-refractivity contribution in [2.24, 2.45) is 11.3 Å². The van der Waals surface area contributed by atoms with Crippen LogP contribution in [-0.4, -0.2) is 31.0 Å². The zero-order valence-electron chi connectivity index (χ0n) is 14.9. The highest BCUT2D eigenvalue weighted by atomic mass is 31.2. The molecule has 8 heteroatoms. The first-order valence-corrected chi connectivity index (χ1v) is 9.68. The van der Waals surface area contributed by atoms with E-state index in [0.717, 1.165) is 0 Å². The van der Waals surface area contributed by atoms with Crippen LogP contribution in [0.3, 0.4) is 0 Å². The summed E-state index contributed by atoms with van der Waals surface area (Å²) in [6.45, 7) is 7.53. The summed E-state index contributed by atoms with van der Waals surface area (Å²) in [5.41, 5.74) is -4.61. The molecule has 0 aromatic carbocycles. The number of carbonyl (C=O) groups excluding carboxylic acids is 1. The maximum Gasteiger partial charge on any atom is 0.400 e. The summed E-state index contributed by atoms with van der Waals surface area (Å²) >= 11 is 0. The van der Waals surface area contributed by atoms with Gasteiger partial charge in [0, 0.05) is 0 Å². The van der Waals surface area contributed by atoms with Crippen molar-refractivity contribution >= 4 is 13.6 Å². The van der Waals surface area contributed by atoms with Gasteiger partial charge in [0.05, 0.1) is 24.5 Å². The number of hydrogen-bond donors (Lipinski definition) is 0. The van der Waals surface area contributed by atoms with E-state index in [2.05, 4.69) is 0 Å². The fourth-order valence-electron chi connectivity index (χ4n) is 2.32. The number of allylic oxidation sites excluding steroid dienone is 1. The molecule has 0 spiro atoms. The molecular formula is C16H27F2O5P. The van der Waals surface area contributed by atoms with Gasteiger partial charge in [-0.1, -0.05) is 12.2 Å². The lowest BCUT2D eigenvalue weighted by atomic mass is 9.91. The molecule has 0 unspecified atom stereocenters. The van der Waals surface area contributed by atoms with Crippen molar-refractivity contribution in [3.05, 3.63) is 12.2 Å². The van der Waals surface area contributed by atoms with E-state index in [-0.39, 0.29) is 19.6 Å². The average molecular weight is 368 g/mol. The highest BCUT2D eigenvalue weighted by Crippen LogP contribution is 2.66. The van der Waals surface area contributed by atoms with Crippen LogP contribution in [0, 0.1) is 11.3 Å². The maximum absolute atomic E-state index is 15.0. The van der Waals surface area contributed by atoms with E-state index in [4.69, 9.17) is 13.8 Å².